The molecular weight excluding hydrogens is 380 g/mol. The van der Waals surface area contributed by atoms with Crippen LogP contribution in [0.2, 0.25) is 0 Å². The minimum absolute atomic E-state index is 0.140. The molecule has 4 amide bonds. The average Bonchev–Trinajstić information content (AvgIpc) is 2.98. The van der Waals surface area contributed by atoms with Gasteiger partial charge in [0.2, 0.25) is 0 Å². The second-order valence-electron chi connectivity index (χ2n) is 7.91. The Balaban J connectivity index is 1.51. The van der Waals surface area contributed by atoms with Crippen molar-refractivity contribution in [3.63, 3.8) is 0 Å². The van der Waals surface area contributed by atoms with Gasteiger partial charge < -0.3 is 10.2 Å². The highest BCUT2D eigenvalue weighted by molar-refractivity contribution is 6.07. The highest BCUT2D eigenvalue weighted by Crippen LogP contribution is 2.30. The van der Waals surface area contributed by atoms with Gasteiger partial charge in [0.1, 0.15) is 5.54 Å². The number of imide groups is 1. The lowest BCUT2D eigenvalue weighted by Crippen LogP contribution is -2.59. The molecule has 2 fully saturated rings. The Kier molecular flexibility index (Phi) is 5.00. The van der Waals surface area contributed by atoms with Crippen LogP contribution in [-0.4, -0.2) is 46.3 Å². The molecule has 1 N–H and O–H groups in total. The van der Waals surface area contributed by atoms with Crippen LogP contribution >= 0.6 is 0 Å². The first kappa shape index (κ1) is 19.6. The van der Waals surface area contributed by atoms with E-state index in [-0.39, 0.29) is 24.9 Å². The molecule has 0 aromatic heterocycles. The predicted molar refractivity (Wildman–Crippen MR) is 109 cm³/mol. The largest absolute Gasteiger partial charge is 0.336 e. The van der Waals surface area contributed by atoms with E-state index in [0.717, 1.165) is 11.1 Å². The van der Waals surface area contributed by atoms with Crippen LogP contribution in [0.4, 0.5) is 4.79 Å². The van der Waals surface area contributed by atoms with Gasteiger partial charge in [0.25, 0.3) is 11.8 Å². The van der Waals surface area contributed by atoms with Gasteiger partial charge in [0, 0.05) is 12.1 Å². The van der Waals surface area contributed by atoms with E-state index in [4.69, 9.17) is 5.26 Å². The SMILES string of the molecule is Cc1ccc(CN2C(=O)NC3(CCCN(C(=O)c4ccc(C#N)cc4)C3)C2=O)cc1. The minimum Gasteiger partial charge on any atom is -0.336 e. The molecule has 2 aromatic rings. The molecule has 1 unspecified atom stereocenters. The first-order chi connectivity index (χ1) is 14.4. The standard InChI is InChI=1S/C23H22N4O3/c1-16-3-5-18(6-4-16)14-27-21(29)23(25-22(27)30)11-2-12-26(15-23)20(28)19-9-7-17(13-24)8-10-19/h3-10H,2,11-12,14-15H2,1H3,(H,25,30). The fourth-order valence-corrected chi connectivity index (χ4v) is 4.07. The number of hydrogen-bond donors (Lipinski definition) is 1. The van der Waals surface area contributed by atoms with Crippen molar-refractivity contribution in [3.05, 3.63) is 70.8 Å². The van der Waals surface area contributed by atoms with E-state index in [1.165, 1.54) is 4.90 Å². The van der Waals surface area contributed by atoms with E-state index in [1.807, 2.05) is 37.3 Å². The molecule has 1 atom stereocenters. The summed E-state index contributed by atoms with van der Waals surface area (Å²) in [5.74, 6) is -0.497. The van der Waals surface area contributed by atoms with Crippen molar-refractivity contribution in [1.82, 2.24) is 15.1 Å². The van der Waals surface area contributed by atoms with E-state index in [2.05, 4.69) is 5.32 Å². The topological polar surface area (TPSA) is 93.5 Å². The molecule has 2 aromatic carbocycles. The molecule has 2 aliphatic heterocycles. The van der Waals surface area contributed by atoms with Gasteiger partial charge in [-0.25, -0.2) is 4.79 Å². The predicted octanol–water partition coefficient (Wildman–Crippen LogP) is 2.59. The Morgan fingerprint density at radius 3 is 2.50 bits per heavy atom. The summed E-state index contributed by atoms with van der Waals surface area (Å²) in [7, 11) is 0. The normalized spacial score (nSPS) is 20.9. The van der Waals surface area contributed by atoms with Crippen molar-refractivity contribution in [2.75, 3.05) is 13.1 Å². The summed E-state index contributed by atoms with van der Waals surface area (Å²) < 4.78 is 0. The fraction of sp³-hybridized carbons (Fsp3) is 0.304. The number of urea groups is 1. The molecule has 30 heavy (non-hydrogen) atoms. The van der Waals surface area contributed by atoms with Gasteiger partial charge in [0.15, 0.2) is 0 Å². The Labute approximate surface area is 174 Å². The lowest BCUT2D eigenvalue weighted by molar-refractivity contribution is -0.133. The van der Waals surface area contributed by atoms with Crippen LogP contribution in [0.1, 0.15) is 39.9 Å². The number of rotatable bonds is 3. The first-order valence-corrected chi connectivity index (χ1v) is 9.91. The van der Waals surface area contributed by atoms with E-state index in [9.17, 15) is 14.4 Å². The monoisotopic (exact) mass is 402 g/mol. The van der Waals surface area contributed by atoms with E-state index < -0.39 is 11.6 Å². The Morgan fingerprint density at radius 1 is 1.13 bits per heavy atom. The van der Waals surface area contributed by atoms with Crippen molar-refractivity contribution in [1.29, 1.82) is 5.26 Å². The summed E-state index contributed by atoms with van der Waals surface area (Å²) in [6.45, 7) is 2.84. The van der Waals surface area contributed by atoms with Crippen molar-refractivity contribution < 1.29 is 14.4 Å². The number of amides is 4. The maximum absolute atomic E-state index is 13.2. The van der Waals surface area contributed by atoms with Crippen LogP contribution in [-0.2, 0) is 11.3 Å². The molecule has 0 saturated carbocycles. The first-order valence-electron chi connectivity index (χ1n) is 9.91. The highest BCUT2D eigenvalue weighted by Gasteiger charge is 2.53. The fourth-order valence-electron chi connectivity index (χ4n) is 4.07. The highest BCUT2D eigenvalue weighted by atomic mass is 16.2. The smallest absolute Gasteiger partial charge is 0.325 e. The number of nitriles is 1. The number of likely N-dealkylation sites (tertiary alicyclic amines) is 1. The molecule has 0 radical (unpaired) electrons. The number of aryl methyl sites for hydroxylation is 1. The summed E-state index contributed by atoms with van der Waals surface area (Å²) in [6.07, 6.45) is 1.12. The second kappa shape index (κ2) is 7.64. The van der Waals surface area contributed by atoms with Crippen molar-refractivity contribution in [2.45, 2.75) is 31.8 Å². The number of nitrogens with zero attached hydrogens (tertiary/aromatic N) is 3. The van der Waals surface area contributed by atoms with Gasteiger partial charge in [-0.2, -0.15) is 5.26 Å². The summed E-state index contributed by atoms with van der Waals surface area (Å²) >= 11 is 0. The summed E-state index contributed by atoms with van der Waals surface area (Å²) in [5, 5.41) is 11.8. The minimum atomic E-state index is -1.08. The maximum atomic E-state index is 13.2. The molecule has 4 rings (SSSR count). The summed E-state index contributed by atoms with van der Waals surface area (Å²) in [5.41, 5.74) is 1.84. The molecule has 2 heterocycles. The Hall–Kier alpha value is -3.66. The van der Waals surface area contributed by atoms with Crippen LogP contribution in [0.3, 0.4) is 0 Å². The molecule has 7 nitrogen and oxygen atoms in total. The van der Waals surface area contributed by atoms with Gasteiger partial charge in [-0.05, 0) is 49.6 Å². The van der Waals surface area contributed by atoms with Crippen LogP contribution in [0.15, 0.2) is 48.5 Å². The van der Waals surface area contributed by atoms with Crippen LogP contribution < -0.4 is 5.32 Å². The molecular formula is C23H22N4O3. The van der Waals surface area contributed by atoms with Gasteiger partial charge >= 0.3 is 6.03 Å². The molecule has 152 valence electrons. The van der Waals surface area contributed by atoms with Gasteiger partial charge in [0.05, 0.1) is 24.7 Å². The van der Waals surface area contributed by atoms with Crippen molar-refractivity contribution in [2.24, 2.45) is 0 Å². The van der Waals surface area contributed by atoms with E-state index in [0.29, 0.717) is 30.5 Å². The van der Waals surface area contributed by atoms with Crippen molar-refractivity contribution in [3.8, 4) is 6.07 Å². The third kappa shape index (κ3) is 3.52. The quantitative estimate of drug-likeness (QED) is 0.799. The number of nitrogens with one attached hydrogen (secondary N) is 1. The lowest BCUT2D eigenvalue weighted by atomic mass is 9.88. The lowest BCUT2D eigenvalue weighted by Gasteiger charge is -2.38. The zero-order valence-electron chi connectivity index (χ0n) is 16.7. The average molecular weight is 402 g/mol. The zero-order chi connectivity index (χ0) is 21.3. The van der Waals surface area contributed by atoms with E-state index >= 15 is 0 Å². The van der Waals surface area contributed by atoms with Gasteiger partial charge in [-0.15, -0.1) is 0 Å². The zero-order valence-corrected chi connectivity index (χ0v) is 16.7. The number of benzene rings is 2. The van der Waals surface area contributed by atoms with Crippen LogP contribution in [0.5, 0.6) is 0 Å². The molecule has 1 spiro atoms. The number of carbonyl (C=O) groups is 3. The van der Waals surface area contributed by atoms with Crippen LogP contribution in [0.25, 0.3) is 0 Å². The molecule has 0 aliphatic carbocycles. The third-order valence-electron chi connectivity index (χ3n) is 5.75. The summed E-state index contributed by atoms with van der Waals surface area (Å²) in [6, 6.07) is 15.7. The Bertz CT molecular complexity index is 1040. The van der Waals surface area contributed by atoms with Gasteiger partial charge in [-0.3, -0.25) is 14.5 Å². The molecule has 2 aliphatic rings. The van der Waals surface area contributed by atoms with Crippen LogP contribution in [0, 0.1) is 18.3 Å². The Morgan fingerprint density at radius 2 is 1.83 bits per heavy atom. The summed E-state index contributed by atoms with van der Waals surface area (Å²) in [4.78, 5) is 41.6. The third-order valence-corrected chi connectivity index (χ3v) is 5.75. The number of hydrogen-bond acceptors (Lipinski definition) is 4. The number of carbonyl (C=O) groups excluding carboxylic acids is 3. The maximum Gasteiger partial charge on any atom is 0.325 e. The molecule has 2 saturated heterocycles. The van der Waals surface area contributed by atoms with E-state index in [1.54, 1.807) is 29.2 Å². The molecule has 0 bridgehead atoms. The number of piperidine rings is 1. The second-order valence-corrected chi connectivity index (χ2v) is 7.91. The van der Waals surface area contributed by atoms with Gasteiger partial charge in [-0.1, -0.05) is 29.8 Å². The van der Waals surface area contributed by atoms with Crippen molar-refractivity contribution >= 4 is 17.8 Å². The molecule has 7 heteroatoms.